The van der Waals surface area contributed by atoms with Crippen molar-refractivity contribution in [2.45, 2.75) is 19.8 Å². The smallest absolute Gasteiger partial charge is 0.309 e. The van der Waals surface area contributed by atoms with E-state index >= 15 is 0 Å². The van der Waals surface area contributed by atoms with E-state index in [0.717, 1.165) is 5.52 Å². The zero-order valence-corrected chi connectivity index (χ0v) is 12.4. The third-order valence-corrected chi connectivity index (χ3v) is 3.97. The average molecular weight is 302 g/mol. The Kier molecular flexibility index (Phi) is 4.04. The number of rotatable bonds is 3. The quantitative estimate of drug-likeness (QED) is 0.865. The Balaban J connectivity index is 1.65. The molecule has 0 aliphatic carbocycles. The van der Waals surface area contributed by atoms with Crippen LogP contribution in [-0.2, 0) is 9.53 Å². The third-order valence-electron chi connectivity index (χ3n) is 3.97. The number of aromatic nitrogens is 3. The summed E-state index contributed by atoms with van der Waals surface area (Å²) in [5, 5.41) is 10.5. The van der Waals surface area contributed by atoms with Gasteiger partial charge in [-0.1, -0.05) is 0 Å². The molecule has 0 radical (unpaired) electrons. The van der Waals surface area contributed by atoms with Crippen LogP contribution in [-0.4, -0.2) is 51.9 Å². The van der Waals surface area contributed by atoms with Crippen molar-refractivity contribution in [3.8, 4) is 0 Å². The molecule has 0 atom stereocenters. The van der Waals surface area contributed by atoms with E-state index in [4.69, 9.17) is 4.74 Å². The summed E-state index contributed by atoms with van der Waals surface area (Å²) >= 11 is 0. The fraction of sp³-hybridized carbons (Fsp3) is 0.467. The van der Waals surface area contributed by atoms with Crippen LogP contribution in [0.25, 0.3) is 11.0 Å². The van der Waals surface area contributed by atoms with Gasteiger partial charge in [0.15, 0.2) is 0 Å². The van der Waals surface area contributed by atoms with Gasteiger partial charge in [0.2, 0.25) is 0 Å². The molecule has 0 spiro atoms. The van der Waals surface area contributed by atoms with Gasteiger partial charge in [-0.3, -0.25) is 9.59 Å². The zero-order valence-electron chi connectivity index (χ0n) is 12.4. The number of ether oxygens (including phenoxy) is 1. The molecular weight excluding hydrogens is 284 g/mol. The summed E-state index contributed by atoms with van der Waals surface area (Å²) in [4.78, 5) is 26.0. The lowest BCUT2D eigenvalue weighted by molar-refractivity contribution is -0.149. The third kappa shape index (κ3) is 2.79. The van der Waals surface area contributed by atoms with E-state index in [-0.39, 0.29) is 17.8 Å². The molecule has 0 bridgehead atoms. The number of hydrogen-bond acceptors (Lipinski definition) is 5. The van der Waals surface area contributed by atoms with E-state index in [1.165, 1.54) is 0 Å². The van der Waals surface area contributed by atoms with Crippen LogP contribution in [0.15, 0.2) is 18.2 Å². The molecule has 116 valence electrons. The first-order valence-electron chi connectivity index (χ1n) is 7.45. The maximum atomic E-state index is 12.5. The Morgan fingerprint density at radius 3 is 2.73 bits per heavy atom. The first kappa shape index (κ1) is 14.5. The number of esters is 1. The van der Waals surface area contributed by atoms with E-state index in [2.05, 4.69) is 15.4 Å². The van der Waals surface area contributed by atoms with Crippen LogP contribution in [0.2, 0.25) is 0 Å². The second-order valence-electron chi connectivity index (χ2n) is 5.35. The van der Waals surface area contributed by atoms with Gasteiger partial charge in [-0.2, -0.15) is 15.4 Å². The number of H-pyrrole nitrogens is 1. The van der Waals surface area contributed by atoms with Crippen LogP contribution in [0.5, 0.6) is 0 Å². The number of hydrogen-bond donors (Lipinski definition) is 1. The number of amides is 1. The molecule has 7 heteroatoms. The molecule has 1 aromatic heterocycles. The molecule has 1 fully saturated rings. The van der Waals surface area contributed by atoms with Gasteiger partial charge in [-0.05, 0) is 38.0 Å². The number of nitrogens with one attached hydrogen (secondary N) is 1. The minimum atomic E-state index is -0.154. The molecule has 2 aromatic rings. The number of fused-ring (bicyclic) bond motifs is 1. The fourth-order valence-corrected chi connectivity index (χ4v) is 2.73. The van der Waals surface area contributed by atoms with Gasteiger partial charge in [0, 0.05) is 18.7 Å². The highest BCUT2D eigenvalue weighted by atomic mass is 16.5. The monoisotopic (exact) mass is 302 g/mol. The highest BCUT2D eigenvalue weighted by molar-refractivity contribution is 5.97. The maximum absolute atomic E-state index is 12.5. The predicted octanol–water partition coefficient (Wildman–Crippen LogP) is 1.37. The average Bonchev–Trinajstić information content (AvgIpc) is 3.02. The Bertz CT molecular complexity index is 689. The van der Waals surface area contributed by atoms with Gasteiger partial charge in [-0.15, -0.1) is 0 Å². The minimum absolute atomic E-state index is 0.0350. The van der Waals surface area contributed by atoms with Crippen LogP contribution < -0.4 is 0 Å². The molecule has 1 saturated heterocycles. The maximum Gasteiger partial charge on any atom is 0.309 e. The number of aromatic amines is 1. The van der Waals surface area contributed by atoms with E-state index < -0.39 is 0 Å². The molecule has 1 aromatic carbocycles. The Labute approximate surface area is 127 Å². The second-order valence-corrected chi connectivity index (χ2v) is 5.35. The fourth-order valence-electron chi connectivity index (χ4n) is 2.73. The normalized spacial score (nSPS) is 16.0. The molecule has 0 unspecified atom stereocenters. The first-order valence-corrected chi connectivity index (χ1v) is 7.45. The molecule has 1 amide bonds. The summed E-state index contributed by atoms with van der Waals surface area (Å²) < 4.78 is 5.04. The van der Waals surface area contributed by atoms with Crippen molar-refractivity contribution in [3.05, 3.63) is 23.8 Å². The topological polar surface area (TPSA) is 88.2 Å². The summed E-state index contributed by atoms with van der Waals surface area (Å²) in [6.45, 7) is 3.34. The van der Waals surface area contributed by atoms with Crippen molar-refractivity contribution in [1.29, 1.82) is 0 Å². The van der Waals surface area contributed by atoms with E-state index in [1.54, 1.807) is 30.0 Å². The first-order chi connectivity index (χ1) is 10.7. The minimum Gasteiger partial charge on any atom is -0.466 e. The number of nitrogens with zero attached hydrogens (tertiary/aromatic N) is 3. The molecule has 2 heterocycles. The van der Waals surface area contributed by atoms with Crippen molar-refractivity contribution in [3.63, 3.8) is 0 Å². The van der Waals surface area contributed by atoms with Crippen LogP contribution >= 0.6 is 0 Å². The van der Waals surface area contributed by atoms with Gasteiger partial charge < -0.3 is 9.64 Å². The van der Waals surface area contributed by atoms with Gasteiger partial charge in [0.25, 0.3) is 5.91 Å². The number of carbonyl (C=O) groups is 2. The number of piperidine rings is 1. The van der Waals surface area contributed by atoms with E-state index in [0.29, 0.717) is 43.6 Å². The standard InChI is InChI=1S/C15H18N4O3/c1-2-22-15(21)10-5-7-19(8-6-10)14(20)11-3-4-12-13(9-11)17-18-16-12/h3-4,9-10H,2,5-8H2,1H3,(H,16,17,18). The molecular formula is C15H18N4O3. The molecule has 1 aliphatic rings. The van der Waals surface area contributed by atoms with Crippen LogP contribution in [0, 0.1) is 5.92 Å². The van der Waals surface area contributed by atoms with E-state index in [1.807, 2.05) is 0 Å². The Morgan fingerprint density at radius 1 is 1.27 bits per heavy atom. The van der Waals surface area contributed by atoms with Crippen molar-refractivity contribution in [1.82, 2.24) is 20.3 Å². The van der Waals surface area contributed by atoms with Crippen LogP contribution in [0.3, 0.4) is 0 Å². The van der Waals surface area contributed by atoms with Crippen molar-refractivity contribution >= 4 is 22.9 Å². The Morgan fingerprint density at radius 2 is 2.00 bits per heavy atom. The molecule has 1 N–H and O–H groups in total. The van der Waals surface area contributed by atoms with Crippen LogP contribution in [0.4, 0.5) is 0 Å². The SMILES string of the molecule is CCOC(=O)C1CCN(C(=O)c2ccc3n[nH]nc3c2)CC1. The number of benzene rings is 1. The van der Waals surface area contributed by atoms with Gasteiger partial charge in [0.1, 0.15) is 11.0 Å². The van der Waals surface area contributed by atoms with Crippen molar-refractivity contribution in [2.24, 2.45) is 5.92 Å². The molecule has 22 heavy (non-hydrogen) atoms. The van der Waals surface area contributed by atoms with Crippen molar-refractivity contribution < 1.29 is 14.3 Å². The summed E-state index contributed by atoms with van der Waals surface area (Å²) in [7, 11) is 0. The summed E-state index contributed by atoms with van der Waals surface area (Å²) in [6.07, 6.45) is 1.30. The van der Waals surface area contributed by atoms with Gasteiger partial charge >= 0.3 is 5.97 Å². The molecule has 0 saturated carbocycles. The predicted molar refractivity (Wildman–Crippen MR) is 79.1 cm³/mol. The molecule has 1 aliphatic heterocycles. The lowest BCUT2D eigenvalue weighted by Crippen LogP contribution is -2.40. The highest BCUT2D eigenvalue weighted by Crippen LogP contribution is 2.21. The van der Waals surface area contributed by atoms with Crippen LogP contribution in [0.1, 0.15) is 30.1 Å². The second kappa shape index (κ2) is 6.13. The van der Waals surface area contributed by atoms with Gasteiger partial charge in [0.05, 0.1) is 12.5 Å². The molecule has 7 nitrogen and oxygen atoms in total. The highest BCUT2D eigenvalue weighted by Gasteiger charge is 2.28. The lowest BCUT2D eigenvalue weighted by atomic mass is 9.96. The Hall–Kier alpha value is -2.44. The van der Waals surface area contributed by atoms with Gasteiger partial charge in [-0.25, -0.2) is 0 Å². The van der Waals surface area contributed by atoms with Crippen molar-refractivity contribution in [2.75, 3.05) is 19.7 Å². The summed E-state index contributed by atoms with van der Waals surface area (Å²) in [5.41, 5.74) is 2.00. The summed E-state index contributed by atoms with van der Waals surface area (Å²) in [5.74, 6) is -0.284. The summed E-state index contributed by atoms with van der Waals surface area (Å²) in [6, 6.07) is 5.26. The number of carbonyl (C=O) groups excluding carboxylic acids is 2. The largest absolute Gasteiger partial charge is 0.466 e. The van der Waals surface area contributed by atoms with E-state index in [9.17, 15) is 9.59 Å². The lowest BCUT2D eigenvalue weighted by Gasteiger charge is -2.30. The zero-order chi connectivity index (χ0) is 15.5. The molecule has 3 rings (SSSR count). The number of likely N-dealkylation sites (tertiary alicyclic amines) is 1.